The normalized spacial score (nSPS) is 11.9. The van der Waals surface area contributed by atoms with Crippen molar-refractivity contribution in [3.05, 3.63) is 29.8 Å². The van der Waals surface area contributed by atoms with Crippen LogP contribution in [-0.2, 0) is 11.8 Å². The van der Waals surface area contributed by atoms with E-state index in [1.807, 2.05) is 42.8 Å². The molecular weight excluding hydrogens is 242 g/mol. The van der Waals surface area contributed by atoms with Crippen LogP contribution >= 0.6 is 0 Å². The molecule has 19 heavy (non-hydrogen) atoms. The molecule has 1 aromatic heterocycles. The van der Waals surface area contributed by atoms with Crippen molar-refractivity contribution < 1.29 is 18.5 Å². The number of benzene rings is 1. The lowest BCUT2D eigenvalue weighted by Gasteiger charge is -2.02. The maximum atomic E-state index is 5.83. The van der Waals surface area contributed by atoms with E-state index in [9.17, 15) is 0 Å². The number of hydrogen-bond acceptors (Lipinski definition) is 3. The monoisotopic (exact) mass is 262 g/mol. The third-order valence-electron chi connectivity index (χ3n) is 3.04. The number of aromatic nitrogens is 1. The first-order chi connectivity index (χ1) is 9.19. The van der Waals surface area contributed by atoms with Crippen molar-refractivity contribution in [3.8, 4) is 5.75 Å². The highest BCUT2D eigenvalue weighted by Gasteiger charge is 2.18. The van der Waals surface area contributed by atoms with Crippen LogP contribution in [-0.4, -0.2) is 13.7 Å². The first-order valence-corrected chi connectivity index (χ1v) is 6.49. The van der Waals surface area contributed by atoms with Gasteiger partial charge >= 0.3 is 5.89 Å². The highest BCUT2D eigenvalue weighted by Crippen LogP contribution is 2.21. The van der Waals surface area contributed by atoms with Crippen LogP contribution in [0.25, 0.3) is 17.2 Å². The summed E-state index contributed by atoms with van der Waals surface area (Å²) < 4.78 is 18.6. The molecule has 0 saturated heterocycles. The van der Waals surface area contributed by atoms with Gasteiger partial charge in [-0.1, -0.05) is 6.92 Å². The summed E-state index contributed by atoms with van der Waals surface area (Å²) in [5.41, 5.74) is 1.83. The van der Waals surface area contributed by atoms with E-state index < -0.39 is 0 Å². The molecule has 0 radical (unpaired) electrons. The Hall–Kier alpha value is -1.97. The largest absolute Gasteiger partial charge is 0.498 e. The number of oxazole rings is 1. The summed E-state index contributed by atoms with van der Waals surface area (Å²) in [6, 6.07) is 5.77. The minimum Gasteiger partial charge on any atom is -0.498 e. The van der Waals surface area contributed by atoms with Crippen molar-refractivity contribution in [1.82, 2.24) is 0 Å². The Morgan fingerprint density at radius 1 is 1.37 bits per heavy atom. The minimum atomic E-state index is 0.664. The number of aryl methyl sites for hydroxylation is 1. The molecule has 102 valence electrons. The lowest BCUT2D eigenvalue weighted by Crippen LogP contribution is -2.29. The second-order valence-electron chi connectivity index (χ2n) is 4.23. The SMILES string of the molecule is CCO/C(=C/c1oc2ccc(OC)cc2[n+]1C)CC. The second-order valence-corrected chi connectivity index (χ2v) is 4.23. The van der Waals surface area contributed by atoms with Gasteiger partial charge in [0.25, 0.3) is 5.52 Å². The topological polar surface area (TPSA) is 35.5 Å². The highest BCUT2D eigenvalue weighted by atomic mass is 16.5. The van der Waals surface area contributed by atoms with E-state index in [-0.39, 0.29) is 0 Å². The first-order valence-electron chi connectivity index (χ1n) is 6.49. The van der Waals surface area contributed by atoms with Gasteiger partial charge in [-0.2, -0.15) is 4.57 Å². The molecule has 4 nitrogen and oxygen atoms in total. The molecule has 1 heterocycles. The molecule has 0 amide bonds. The zero-order chi connectivity index (χ0) is 13.8. The van der Waals surface area contributed by atoms with Crippen molar-refractivity contribution in [2.75, 3.05) is 13.7 Å². The van der Waals surface area contributed by atoms with E-state index in [4.69, 9.17) is 13.9 Å². The summed E-state index contributed by atoms with van der Waals surface area (Å²) >= 11 is 0. The fourth-order valence-corrected chi connectivity index (χ4v) is 1.97. The number of allylic oxidation sites excluding steroid dienone is 1. The Morgan fingerprint density at radius 2 is 2.16 bits per heavy atom. The Morgan fingerprint density at radius 3 is 2.79 bits per heavy atom. The predicted molar refractivity (Wildman–Crippen MR) is 73.8 cm³/mol. The van der Waals surface area contributed by atoms with Crippen molar-refractivity contribution in [3.63, 3.8) is 0 Å². The van der Waals surface area contributed by atoms with Gasteiger partial charge in [0, 0.05) is 6.42 Å². The zero-order valence-corrected chi connectivity index (χ0v) is 11.9. The molecule has 2 rings (SSSR count). The number of fused-ring (bicyclic) bond motifs is 1. The summed E-state index contributed by atoms with van der Waals surface area (Å²) in [6.07, 6.45) is 2.78. The molecule has 0 N–H and O–H groups in total. The van der Waals surface area contributed by atoms with Crippen LogP contribution in [0.2, 0.25) is 0 Å². The van der Waals surface area contributed by atoms with E-state index in [2.05, 4.69) is 6.92 Å². The Kier molecular flexibility index (Phi) is 4.10. The van der Waals surface area contributed by atoms with Gasteiger partial charge in [0.05, 0.1) is 25.9 Å². The number of hydrogen-bond donors (Lipinski definition) is 0. The van der Waals surface area contributed by atoms with Gasteiger partial charge in [-0.3, -0.25) is 0 Å². The van der Waals surface area contributed by atoms with E-state index >= 15 is 0 Å². The average molecular weight is 262 g/mol. The molecule has 1 aromatic carbocycles. The maximum Gasteiger partial charge on any atom is 0.377 e. The molecule has 0 saturated carbocycles. The molecule has 0 bridgehead atoms. The van der Waals surface area contributed by atoms with E-state index in [1.165, 1.54) is 0 Å². The Labute approximate surface area is 113 Å². The maximum absolute atomic E-state index is 5.83. The van der Waals surface area contributed by atoms with Gasteiger partial charge in [-0.25, -0.2) is 0 Å². The van der Waals surface area contributed by atoms with Crippen molar-refractivity contribution in [2.45, 2.75) is 20.3 Å². The second kappa shape index (κ2) is 5.78. The molecule has 0 aliphatic heterocycles. The summed E-state index contributed by atoms with van der Waals surface area (Å²) in [5, 5.41) is 0. The quantitative estimate of drug-likeness (QED) is 0.613. The van der Waals surface area contributed by atoms with Crippen LogP contribution in [0.15, 0.2) is 28.4 Å². The molecule has 0 unspecified atom stereocenters. The molecule has 2 aromatic rings. The number of rotatable bonds is 5. The van der Waals surface area contributed by atoms with Crippen LogP contribution in [0.3, 0.4) is 0 Å². The summed E-state index contributed by atoms with van der Waals surface area (Å²) in [4.78, 5) is 0. The van der Waals surface area contributed by atoms with Crippen LogP contribution in [0, 0.1) is 0 Å². The lowest BCUT2D eigenvalue weighted by atomic mass is 10.3. The fraction of sp³-hybridized carbons (Fsp3) is 0.400. The molecule has 4 heteroatoms. The van der Waals surface area contributed by atoms with E-state index in [0.29, 0.717) is 6.61 Å². The van der Waals surface area contributed by atoms with Gasteiger partial charge in [-0.05, 0) is 19.1 Å². The molecule has 0 spiro atoms. The zero-order valence-electron chi connectivity index (χ0n) is 11.9. The van der Waals surface area contributed by atoms with Crippen LogP contribution in [0.1, 0.15) is 26.2 Å². The third kappa shape index (κ3) is 2.72. The van der Waals surface area contributed by atoms with Crippen LogP contribution in [0.5, 0.6) is 5.75 Å². The standard InChI is InChI=1S/C15H20NO3/c1-5-11(18-6-2)10-15-16(3)13-9-12(17-4)7-8-14(13)19-15/h7-10H,5-6H2,1-4H3/q+1/b11-10+. The summed E-state index contributed by atoms with van der Waals surface area (Å²) in [7, 11) is 3.63. The molecule has 0 aliphatic rings. The fourth-order valence-electron chi connectivity index (χ4n) is 1.97. The molecule has 0 aliphatic carbocycles. The summed E-state index contributed by atoms with van der Waals surface area (Å²) in [5.74, 6) is 2.51. The van der Waals surface area contributed by atoms with Crippen LogP contribution < -0.4 is 9.30 Å². The van der Waals surface area contributed by atoms with Crippen molar-refractivity contribution in [1.29, 1.82) is 0 Å². The Balaban J connectivity index is 2.47. The minimum absolute atomic E-state index is 0.664. The number of methoxy groups -OCH3 is 1. The van der Waals surface area contributed by atoms with Crippen molar-refractivity contribution in [2.24, 2.45) is 7.05 Å². The van der Waals surface area contributed by atoms with Gasteiger partial charge in [-0.15, -0.1) is 0 Å². The lowest BCUT2D eigenvalue weighted by molar-refractivity contribution is -0.652. The number of ether oxygens (including phenoxy) is 2. The average Bonchev–Trinajstić information content (AvgIpc) is 2.74. The smallest absolute Gasteiger partial charge is 0.377 e. The first kappa shape index (κ1) is 13.5. The molecule has 0 atom stereocenters. The number of nitrogens with zero attached hydrogens (tertiary/aromatic N) is 1. The van der Waals surface area contributed by atoms with E-state index in [0.717, 1.165) is 34.9 Å². The Bertz CT molecular complexity index is 599. The molecule has 0 fully saturated rings. The van der Waals surface area contributed by atoms with Gasteiger partial charge in [0.1, 0.15) is 18.6 Å². The van der Waals surface area contributed by atoms with E-state index in [1.54, 1.807) is 7.11 Å². The van der Waals surface area contributed by atoms with Gasteiger partial charge < -0.3 is 13.9 Å². The summed E-state index contributed by atoms with van der Waals surface area (Å²) in [6.45, 7) is 4.71. The molecular formula is C15H20NO3+. The van der Waals surface area contributed by atoms with Gasteiger partial charge in [0.2, 0.25) is 5.58 Å². The van der Waals surface area contributed by atoms with Crippen molar-refractivity contribution >= 4 is 17.2 Å². The van der Waals surface area contributed by atoms with Gasteiger partial charge in [0.15, 0.2) is 0 Å². The highest BCUT2D eigenvalue weighted by molar-refractivity contribution is 5.71. The third-order valence-corrected chi connectivity index (χ3v) is 3.04. The van der Waals surface area contributed by atoms with Crippen LogP contribution in [0.4, 0.5) is 0 Å². The predicted octanol–water partition coefficient (Wildman–Crippen LogP) is 3.05.